The van der Waals surface area contributed by atoms with E-state index in [1.54, 1.807) is 0 Å². The number of fused-ring (bicyclic) bond motifs is 3. The van der Waals surface area contributed by atoms with Crippen LogP contribution < -0.4 is 4.90 Å². The molecular weight excluding hydrogens is 378 g/mol. The van der Waals surface area contributed by atoms with Gasteiger partial charge in [-0.25, -0.2) is 0 Å². The van der Waals surface area contributed by atoms with Gasteiger partial charge in [-0.1, -0.05) is 72.8 Å². The Kier molecular flexibility index (Phi) is 4.59. The largest absolute Gasteiger partial charge is 0.456 e. The van der Waals surface area contributed by atoms with Gasteiger partial charge in [0.2, 0.25) is 0 Å². The molecule has 0 bridgehead atoms. The number of aryl methyl sites for hydroxylation is 1. The summed E-state index contributed by atoms with van der Waals surface area (Å²) in [5, 5.41) is 2.33. The molecule has 0 aliphatic heterocycles. The molecular formula is C29H27NO. The van der Waals surface area contributed by atoms with E-state index in [0.717, 1.165) is 27.8 Å². The first-order chi connectivity index (χ1) is 14.9. The molecule has 1 heterocycles. The Balaban J connectivity index is 1.84. The van der Waals surface area contributed by atoms with Crippen LogP contribution in [0.15, 0.2) is 95.4 Å². The number of nitrogens with zero attached hydrogens (tertiary/aromatic N) is 1. The fraction of sp³-hybridized carbons (Fsp3) is 0.172. The molecule has 0 amide bonds. The minimum absolute atomic E-state index is 0.146. The predicted molar refractivity (Wildman–Crippen MR) is 132 cm³/mol. The van der Waals surface area contributed by atoms with Gasteiger partial charge in [0.05, 0.1) is 11.1 Å². The fourth-order valence-corrected chi connectivity index (χ4v) is 4.54. The topological polar surface area (TPSA) is 16.4 Å². The third kappa shape index (κ3) is 3.29. The summed E-state index contributed by atoms with van der Waals surface area (Å²) in [5.74, 6) is 0. The van der Waals surface area contributed by atoms with Crippen LogP contribution in [0.3, 0.4) is 0 Å². The smallest absolute Gasteiger partial charge is 0.138 e. The fourth-order valence-electron chi connectivity index (χ4n) is 4.54. The van der Waals surface area contributed by atoms with Crippen LogP contribution in [0.4, 0.5) is 11.4 Å². The number of furan rings is 1. The van der Waals surface area contributed by atoms with Gasteiger partial charge < -0.3 is 9.32 Å². The van der Waals surface area contributed by atoms with Crippen molar-refractivity contribution in [3.8, 4) is 11.1 Å². The van der Waals surface area contributed by atoms with Crippen molar-refractivity contribution < 1.29 is 4.42 Å². The van der Waals surface area contributed by atoms with Crippen LogP contribution in [0.1, 0.15) is 26.3 Å². The van der Waals surface area contributed by atoms with Gasteiger partial charge in [-0.15, -0.1) is 0 Å². The molecule has 0 saturated carbocycles. The molecule has 0 aliphatic rings. The molecule has 0 spiro atoms. The quantitative estimate of drug-likeness (QED) is 0.299. The van der Waals surface area contributed by atoms with Crippen LogP contribution in [0.2, 0.25) is 0 Å². The van der Waals surface area contributed by atoms with E-state index in [-0.39, 0.29) is 5.54 Å². The van der Waals surface area contributed by atoms with Gasteiger partial charge in [0, 0.05) is 22.2 Å². The highest BCUT2D eigenvalue weighted by Crippen LogP contribution is 2.45. The van der Waals surface area contributed by atoms with E-state index < -0.39 is 0 Å². The molecule has 5 aromatic rings. The van der Waals surface area contributed by atoms with Crippen LogP contribution in [0.25, 0.3) is 33.1 Å². The number of rotatable bonds is 3. The summed E-state index contributed by atoms with van der Waals surface area (Å²) in [6, 6.07) is 32.1. The molecule has 2 nitrogen and oxygen atoms in total. The lowest BCUT2D eigenvalue weighted by Gasteiger charge is -2.39. The van der Waals surface area contributed by atoms with Crippen LogP contribution >= 0.6 is 0 Å². The first-order valence-corrected chi connectivity index (χ1v) is 10.8. The summed E-state index contributed by atoms with van der Waals surface area (Å²) in [5.41, 5.74) is 7.70. The van der Waals surface area contributed by atoms with E-state index in [9.17, 15) is 0 Å². The van der Waals surface area contributed by atoms with Crippen molar-refractivity contribution in [2.24, 2.45) is 0 Å². The van der Waals surface area contributed by atoms with Gasteiger partial charge in [-0.05, 0) is 57.0 Å². The number of hydrogen-bond donors (Lipinski definition) is 0. The number of anilines is 2. The zero-order chi connectivity index (χ0) is 21.6. The standard InChI is InChI=1S/C29H27NO/c1-20-12-10-16-23-27-25(18-11-19-26(27)31-28(20)23)30(29(2,3)4)24-17-9-8-15-22(24)21-13-6-5-7-14-21/h5-19H,1-4H3. The number of para-hydroxylation sites is 2. The van der Waals surface area contributed by atoms with E-state index >= 15 is 0 Å². The van der Waals surface area contributed by atoms with E-state index in [1.807, 2.05) is 0 Å². The second-order valence-electron chi connectivity index (χ2n) is 9.09. The molecule has 31 heavy (non-hydrogen) atoms. The average Bonchev–Trinajstić information content (AvgIpc) is 3.15. The lowest BCUT2D eigenvalue weighted by Crippen LogP contribution is -2.38. The zero-order valence-corrected chi connectivity index (χ0v) is 18.5. The lowest BCUT2D eigenvalue weighted by atomic mass is 9.96. The molecule has 0 radical (unpaired) electrons. The molecule has 0 unspecified atom stereocenters. The first kappa shape index (κ1) is 19.4. The Morgan fingerprint density at radius 3 is 2.13 bits per heavy atom. The summed E-state index contributed by atoms with van der Waals surface area (Å²) in [6.45, 7) is 8.90. The Labute approximate surface area is 183 Å². The van der Waals surface area contributed by atoms with Crippen molar-refractivity contribution in [1.82, 2.24) is 0 Å². The Morgan fingerprint density at radius 2 is 1.35 bits per heavy atom. The lowest BCUT2D eigenvalue weighted by molar-refractivity contribution is 0.562. The molecule has 0 saturated heterocycles. The first-order valence-electron chi connectivity index (χ1n) is 10.8. The normalized spacial score (nSPS) is 11.9. The Bertz CT molecular complexity index is 1370. The maximum Gasteiger partial charge on any atom is 0.138 e. The molecule has 1 aromatic heterocycles. The molecule has 2 heteroatoms. The van der Waals surface area contributed by atoms with E-state index in [4.69, 9.17) is 4.42 Å². The van der Waals surface area contributed by atoms with Crippen molar-refractivity contribution in [1.29, 1.82) is 0 Å². The number of hydrogen-bond acceptors (Lipinski definition) is 2. The summed E-state index contributed by atoms with van der Waals surface area (Å²) in [6.07, 6.45) is 0. The van der Waals surface area contributed by atoms with Gasteiger partial charge >= 0.3 is 0 Å². The summed E-state index contributed by atoms with van der Waals surface area (Å²) in [4.78, 5) is 2.45. The van der Waals surface area contributed by atoms with Crippen molar-refractivity contribution in [2.75, 3.05) is 4.90 Å². The van der Waals surface area contributed by atoms with Gasteiger partial charge in [-0.2, -0.15) is 0 Å². The second kappa shape index (κ2) is 7.31. The van der Waals surface area contributed by atoms with Crippen molar-refractivity contribution >= 4 is 33.3 Å². The molecule has 0 aliphatic carbocycles. The minimum Gasteiger partial charge on any atom is -0.456 e. The van der Waals surface area contributed by atoms with Gasteiger partial charge in [0.25, 0.3) is 0 Å². The van der Waals surface area contributed by atoms with Crippen LogP contribution in [-0.2, 0) is 0 Å². The van der Waals surface area contributed by atoms with Crippen molar-refractivity contribution in [3.05, 3.63) is 96.6 Å². The summed E-state index contributed by atoms with van der Waals surface area (Å²) in [7, 11) is 0. The monoisotopic (exact) mass is 405 g/mol. The summed E-state index contributed by atoms with van der Waals surface area (Å²) < 4.78 is 6.31. The predicted octanol–water partition coefficient (Wildman–Crippen LogP) is 8.50. The Hall–Kier alpha value is -3.52. The van der Waals surface area contributed by atoms with Crippen molar-refractivity contribution in [2.45, 2.75) is 33.2 Å². The minimum atomic E-state index is -0.146. The van der Waals surface area contributed by atoms with Gasteiger partial charge in [-0.3, -0.25) is 0 Å². The third-order valence-electron chi connectivity index (χ3n) is 5.84. The van der Waals surface area contributed by atoms with Crippen LogP contribution in [-0.4, -0.2) is 5.54 Å². The maximum absolute atomic E-state index is 6.31. The van der Waals surface area contributed by atoms with Gasteiger partial charge in [0.1, 0.15) is 11.2 Å². The van der Waals surface area contributed by atoms with E-state index in [0.29, 0.717) is 0 Å². The highest BCUT2D eigenvalue weighted by atomic mass is 16.3. The zero-order valence-electron chi connectivity index (χ0n) is 18.5. The number of benzene rings is 4. The second-order valence-corrected chi connectivity index (χ2v) is 9.09. The highest BCUT2D eigenvalue weighted by molar-refractivity contribution is 6.13. The Morgan fingerprint density at radius 1 is 0.677 bits per heavy atom. The molecule has 0 atom stereocenters. The maximum atomic E-state index is 6.31. The molecule has 4 aromatic carbocycles. The van der Waals surface area contributed by atoms with E-state index in [2.05, 4.69) is 124 Å². The van der Waals surface area contributed by atoms with Crippen molar-refractivity contribution in [3.63, 3.8) is 0 Å². The summed E-state index contributed by atoms with van der Waals surface area (Å²) >= 11 is 0. The van der Waals surface area contributed by atoms with Crippen LogP contribution in [0.5, 0.6) is 0 Å². The van der Waals surface area contributed by atoms with Crippen LogP contribution in [0, 0.1) is 6.92 Å². The molecule has 154 valence electrons. The van der Waals surface area contributed by atoms with Gasteiger partial charge in [0.15, 0.2) is 0 Å². The molecule has 0 fully saturated rings. The highest BCUT2D eigenvalue weighted by Gasteiger charge is 2.28. The SMILES string of the molecule is Cc1cccc2c1oc1cccc(N(c3ccccc3-c3ccccc3)C(C)(C)C)c12. The third-order valence-corrected chi connectivity index (χ3v) is 5.84. The van der Waals surface area contributed by atoms with E-state index in [1.165, 1.54) is 22.2 Å². The molecule has 5 rings (SSSR count). The molecule has 0 N–H and O–H groups in total. The average molecular weight is 406 g/mol.